The molecule has 0 bridgehead atoms. The fraction of sp³-hybridized carbons (Fsp3) is 0.294. The first-order valence-electron chi connectivity index (χ1n) is 7.68. The minimum Gasteiger partial charge on any atom is -0.468 e. The molecule has 0 fully saturated rings. The van der Waals surface area contributed by atoms with Crippen molar-refractivity contribution in [3.05, 3.63) is 60.1 Å². The van der Waals surface area contributed by atoms with Gasteiger partial charge in [0.2, 0.25) is 5.91 Å². The van der Waals surface area contributed by atoms with Crippen molar-refractivity contribution >= 4 is 11.7 Å². The third kappa shape index (κ3) is 4.14. The van der Waals surface area contributed by atoms with Gasteiger partial charge in [0.05, 0.1) is 37.9 Å². The number of anilines is 1. The highest BCUT2D eigenvalue weighted by atomic mass is 16.3. The molecule has 1 N–H and O–H groups in total. The number of nitrogens with one attached hydrogen (secondary N) is 1. The van der Waals surface area contributed by atoms with Crippen LogP contribution in [0.5, 0.6) is 0 Å². The molecule has 0 spiro atoms. The average Bonchev–Trinajstić information content (AvgIpc) is 3.24. The average molecular weight is 328 g/mol. The predicted octanol–water partition coefficient (Wildman–Crippen LogP) is 2.56. The third-order valence-electron chi connectivity index (χ3n) is 3.56. The largest absolute Gasteiger partial charge is 0.468 e. The maximum Gasteiger partial charge on any atom is 0.239 e. The maximum atomic E-state index is 12.4. The quantitative estimate of drug-likeness (QED) is 0.721. The van der Waals surface area contributed by atoms with Crippen molar-refractivity contribution in [2.75, 3.05) is 11.9 Å². The molecule has 0 saturated heterocycles. The van der Waals surface area contributed by atoms with E-state index in [9.17, 15) is 4.79 Å². The summed E-state index contributed by atoms with van der Waals surface area (Å²) in [5, 5.41) is 7.10. The lowest BCUT2D eigenvalue weighted by atomic mass is 10.3. The Kier molecular flexibility index (Phi) is 4.81. The number of hydrogen-bond acceptors (Lipinski definition) is 5. The normalized spacial score (nSPS) is 11.1. The first-order valence-corrected chi connectivity index (χ1v) is 7.68. The molecule has 0 unspecified atom stereocenters. The summed E-state index contributed by atoms with van der Waals surface area (Å²) in [6, 6.07) is 9.27. The third-order valence-corrected chi connectivity index (χ3v) is 3.56. The molecular weight excluding hydrogens is 308 g/mol. The predicted molar refractivity (Wildman–Crippen MR) is 88.1 cm³/mol. The Bertz CT molecular complexity index is 739. The lowest BCUT2D eigenvalue weighted by molar-refractivity contribution is -0.117. The highest BCUT2D eigenvalue weighted by molar-refractivity contribution is 5.91. The lowest BCUT2D eigenvalue weighted by Crippen LogP contribution is -2.32. The van der Waals surface area contributed by atoms with Crippen LogP contribution in [0.1, 0.15) is 17.2 Å². The zero-order chi connectivity index (χ0) is 16.9. The van der Waals surface area contributed by atoms with Gasteiger partial charge < -0.3 is 14.2 Å². The van der Waals surface area contributed by atoms with Gasteiger partial charge in [0, 0.05) is 13.1 Å². The van der Waals surface area contributed by atoms with Gasteiger partial charge in [-0.05, 0) is 31.2 Å². The summed E-state index contributed by atoms with van der Waals surface area (Å²) in [6.07, 6.45) is 3.25. The fourth-order valence-electron chi connectivity index (χ4n) is 2.53. The molecule has 0 atom stereocenters. The Hall–Kier alpha value is -2.80. The maximum absolute atomic E-state index is 12.4. The van der Waals surface area contributed by atoms with Crippen LogP contribution in [0.2, 0.25) is 0 Å². The van der Waals surface area contributed by atoms with E-state index in [1.54, 1.807) is 24.3 Å². The second-order valence-electron chi connectivity index (χ2n) is 5.65. The van der Waals surface area contributed by atoms with Crippen LogP contribution in [0.15, 0.2) is 51.7 Å². The molecular formula is C17H20N4O3. The van der Waals surface area contributed by atoms with Crippen molar-refractivity contribution in [3.8, 4) is 0 Å². The van der Waals surface area contributed by atoms with Crippen LogP contribution >= 0.6 is 0 Å². The van der Waals surface area contributed by atoms with Gasteiger partial charge in [-0.25, -0.2) is 0 Å². The first kappa shape index (κ1) is 16.1. The molecule has 3 rings (SSSR count). The molecule has 3 heterocycles. The van der Waals surface area contributed by atoms with Crippen LogP contribution in [0.3, 0.4) is 0 Å². The first-order chi connectivity index (χ1) is 11.6. The summed E-state index contributed by atoms with van der Waals surface area (Å²) in [7, 11) is 1.80. The fourth-order valence-corrected chi connectivity index (χ4v) is 2.53. The number of furan rings is 2. The Morgan fingerprint density at radius 2 is 1.83 bits per heavy atom. The van der Waals surface area contributed by atoms with E-state index in [1.807, 2.05) is 42.2 Å². The second kappa shape index (κ2) is 7.18. The molecule has 126 valence electrons. The monoisotopic (exact) mass is 328 g/mol. The minimum absolute atomic E-state index is 0.115. The highest BCUT2D eigenvalue weighted by Gasteiger charge is 2.16. The van der Waals surface area contributed by atoms with Crippen LogP contribution in [-0.4, -0.2) is 27.1 Å². The van der Waals surface area contributed by atoms with Gasteiger partial charge >= 0.3 is 0 Å². The molecule has 0 aliphatic heterocycles. The Balaban J connectivity index is 1.65. The Morgan fingerprint density at radius 3 is 2.29 bits per heavy atom. The number of aromatic nitrogens is 2. The molecule has 3 aromatic heterocycles. The summed E-state index contributed by atoms with van der Waals surface area (Å²) >= 11 is 0. The molecule has 1 amide bonds. The van der Waals surface area contributed by atoms with Crippen molar-refractivity contribution in [1.82, 2.24) is 14.7 Å². The topological polar surface area (TPSA) is 76.4 Å². The molecule has 24 heavy (non-hydrogen) atoms. The summed E-state index contributed by atoms with van der Waals surface area (Å²) in [5.41, 5.74) is 0.857. The molecule has 0 aliphatic carbocycles. The second-order valence-corrected chi connectivity index (χ2v) is 5.65. The van der Waals surface area contributed by atoms with E-state index >= 15 is 0 Å². The van der Waals surface area contributed by atoms with Crippen molar-refractivity contribution in [1.29, 1.82) is 0 Å². The number of hydrogen-bond donors (Lipinski definition) is 1. The van der Waals surface area contributed by atoms with Gasteiger partial charge in [-0.2, -0.15) is 5.10 Å². The van der Waals surface area contributed by atoms with Crippen LogP contribution < -0.4 is 5.32 Å². The van der Waals surface area contributed by atoms with Crippen LogP contribution in [-0.2, 0) is 24.9 Å². The van der Waals surface area contributed by atoms with Gasteiger partial charge in [0.1, 0.15) is 17.3 Å². The van der Waals surface area contributed by atoms with Crippen molar-refractivity contribution in [3.63, 3.8) is 0 Å². The molecule has 0 aromatic carbocycles. The molecule has 3 aromatic rings. The SMILES string of the molecule is Cc1cc(NC(=O)CN(Cc2ccco2)Cc2ccco2)n(C)n1. The van der Waals surface area contributed by atoms with E-state index in [2.05, 4.69) is 10.4 Å². The Morgan fingerprint density at radius 1 is 1.21 bits per heavy atom. The van der Waals surface area contributed by atoms with Crippen molar-refractivity contribution in [2.45, 2.75) is 20.0 Å². The highest BCUT2D eigenvalue weighted by Crippen LogP contribution is 2.12. The summed E-state index contributed by atoms with van der Waals surface area (Å²) in [4.78, 5) is 14.3. The zero-order valence-corrected chi connectivity index (χ0v) is 13.7. The van der Waals surface area contributed by atoms with Crippen LogP contribution in [0.25, 0.3) is 0 Å². The van der Waals surface area contributed by atoms with Crippen LogP contribution in [0, 0.1) is 6.92 Å². The molecule has 7 heteroatoms. The Labute approximate surface area is 139 Å². The summed E-state index contributed by atoms with van der Waals surface area (Å²) < 4.78 is 12.4. The summed E-state index contributed by atoms with van der Waals surface area (Å²) in [6.45, 7) is 3.14. The molecule has 0 aliphatic rings. The number of carbonyl (C=O) groups excluding carboxylic acids is 1. The minimum atomic E-state index is -0.115. The van der Waals surface area contributed by atoms with E-state index in [4.69, 9.17) is 8.83 Å². The van der Waals surface area contributed by atoms with E-state index in [0.29, 0.717) is 18.9 Å². The molecule has 0 saturated carbocycles. The molecule has 7 nitrogen and oxygen atoms in total. The smallest absolute Gasteiger partial charge is 0.239 e. The number of aryl methyl sites for hydroxylation is 2. The lowest BCUT2D eigenvalue weighted by Gasteiger charge is -2.19. The molecule has 0 radical (unpaired) electrons. The van der Waals surface area contributed by atoms with E-state index < -0.39 is 0 Å². The van der Waals surface area contributed by atoms with E-state index in [0.717, 1.165) is 17.2 Å². The van der Waals surface area contributed by atoms with E-state index in [-0.39, 0.29) is 12.5 Å². The van der Waals surface area contributed by atoms with Crippen LogP contribution in [0.4, 0.5) is 5.82 Å². The number of carbonyl (C=O) groups is 1. The van der Waals surface area contributed by atoms with Crippen molar-refractivity contribution in [2.24, 2.45) is 7.05 Å². The van der Waals surface area contributed by atoms with E-state index in [1.165, 1.54) is 0 Å². The van der Waals surface area contributed by atoms with Gasteiger partial charge in [0.25, 0.3) is 0 Å². The van der Waals surface area contributed by atoms with Crippen molar-refractivity contribution < 1.29 is 13.6 Å². The number of amides is 1. The number of nitrogens with zero attached hydrogens (tertiary/aromatic N) is 3. The van der Waals surface area contributed by atoms with Gasteiger partial charge in [-0.1, -0.05) is 0 Å². The standard InChI is InChI=1S/C17H20N4O3/c1-13-9-16(20(2)19-13)18-17(22)12-21(10-14-5-3-7-23-14)11-15-6-4-8-24-15/h3-9H,10-12H2,1-2H3,(H,18,22). The van der Waals surface area contributed by atoms with Gasteiger partial charge in [0.15, 0.2) is 0 Å². The van der Waals surface area contributed by atoms with Gasteiger partial charge in [-0.3, -0.25) is 14.4 Å². The summed E-state index contributed by atoms with van der Waals surface area (Å²) in [5.74, 6) is 2.15. The van der Waals surface area contributed by atoms with Gasteiger partial charge in [-0.15, -0.1) is 0 Å². The zero-order valence-electron chi connectivity index (χ0n) is 13.7. The number of rotatable bonds is 7.